The molecule has 2 rings (SSSR count). The van der Waals surface area contributed by atoms with Crippen LogP contribution in [0.3, 0.4) is 0 Å². The summed E-state index contributed by atoms with van der Waals surface area (Å²) < 4.78 is 12.9. The first-order valence-corrected chi connectivity index (χ1v) is 5.69. The Kier molecular flexibility index (Phi) is 3.75. The molecule has 0 amide bonds. The van der Waals surface area contributed by atoms with Crippen molar-refractivity contribution in [2.75, 3.05) is 0 Å². The van der Waals surface area contributed by atoms with Crippen LogP contribution in [0.15, 0.2) is 48.5 Å². The van der Waals surface area contributed by atoms with Gasteiger partial charge in [0, 0.05) is 5.56 Å². The number of aliphatic hydroxyl groups is 1. The number of Topliss-reactive ketones (excluding diaryl/α,β-unsaturated/α-hetero) is 1. The number of rotatable bonds is 3. The lowest BCUT2D eigenvalue weighted by Gasteiger charge is -2.11. The topological polar surface area (TPSA) is 37.3 Å². The first-order chi connectivity index (χ1) is 8.59. The zero-order valence-corrected chi connectivity index (χ0v) is 10.1. The third kappa shape index (κ3) is 2.58. The Bertz CT molecular complexity index is 569. The van der Waals surface area contributed by atoms with Crippen LogP contribution in [0.2, 0.25) is 5.02 Å². The third-order valence-corrected chi connectivity index (χ3v) is 2.87. The summed E-state index contributed by atoms with van der Waals surface area (Å²) >= 11 is 5.78. The second-order valence-electron chi connectivity index (χ2n) is 3.80. The van der Waals surface area contributed by atoms with Crippen molar-refractivity contribution >= 4 is 17.4 Å². The highest BCUT2D eigenvalue weighted by Crippen LogP contribution is 2.24. The van der Waals surface area contributed by atoms with Crippen molar-refractivity contribution in [3.05, 3.63) is 70.5 Å². The predicted molar refractivity (Wildman–Crippen MR) is 67.1 cm³/mol. The van der Waals surface area contributed by atoms with Gasteiger partial charge in [-0.05, 0) is 23.8 Å². The second-order valence-corrected chi connectivity index (χ2v) is 4.21. The summed E-state index contributed by atoms with van der Waals surface area (Å²) in [6.45, 7) is 0. The highest BCUT2D eigenvalue weighted by Gasteiger charge is 2.21. The molecule has 0 aliphatic carbocycles. The first-order valence-electron chi connectivity index (χ1n) is 5.32. The summed E-state index contributed by atoms with van der Waals surface area (Å²) in [5.74, 6) is -1.07. The lowest BCUT2D eigenvalue weighted by molar-refractivity contribution is 0.0747. The van der Waals surface area contributed by atoms with Gasteiger partial charge in [0.2, 0.25) is 0 Å². The van der Waals surface area contributed by atoms with Crippen molar-refractivity contribution in [2.24, 2.45) is 0 Å². The van der Waals surface area contributed by atoms with Crippen LogP contribution in [-0.4, -0.2) is 10.9 Å². The molecule has 0 fully saturated rings. The summed E-state index contributed by atoms with van der Waals surface area (Å²) in [4.78, 5) is 12.0. The van der Waals surface area contributed by atoms with Crippen molar-refractivity contribution < 1.29 is 14.3 Å². The Labute approximate surface area is 109 Å². The summed E-state index contributed by atoms with van der Waals surface area (Å²) in [5.41, 5.74) is 0.581. The van der Waals surface area contributed by atoms with Crippen LogP contribution in [0.4, 0.5) is 4.39 Å². The Morgan fingerprint density at radius 2 is 1.83 bits per heavy atom. The van der Waals surface area contributed by atoms with E-state index >= 15 is 0 Å². The number of halogens is 2. The van der Waals surface area contributed by atoms with E-state index < -0.39 is 17.7 Å². The minimum absolute atomic E-state index is 0.00465. The molecule has 0 aliphatic rings. The normalized spacial score (nSPS) is 12.2. The minimum Gasteiger partial charge on any atom is -0.380 e. The Balaban J connectivity index is 2.32. The fourth-order valence-corrected chi connectivity index (χ4v) is 1.88. The highest BCUT2D eigenvalue weighted by molar-refractivity contribution is 6.34. The Morgan fingerprint density at radius 1 is 1.17 bits per heavy atom. The van der Waals surface area contributed by atoms with E-state index in [1.807, 2.05) is 0 Å². The van der Waals surface area contributed by atoms with E-state index in [1.54, 1.807) is 30.3 Å². The molecule has 0 heterocycles. The van der Waals surface area contributed by atoms with Gasteiger partial charge in [0.05, 0.1) is 5.02 Å². The first kappa shape index (κ1) is 12.7. The van der Waals surface area contributed by atoms with Crippen LogP contribution >= 0.6 is 11.6 Å². The lowest BCUT2D eigenvalue weighted by atomic mass is 10.00. The maximum absolute atomic E-state index is 12.9. The van der Waals surface area contributed by atoms with E-state index in [-0.39, 0.29) is 10.6 Å². The van der Waals surface area contributed by atoms with Crippen molar-refractivity contribution in [1.82, 2.24) is 0 Å². The predicted octanol–water partition coefficient (Wildman–Crippen LogP) is 3.40. The fraction of sp³-hybridized carbons (Fsp3) is 0.0714. The number of hydrogen-bond donors (Lipinski definition) is 1. The van der Waals surface area contributed by atoms with Gasteiger partial charge in [-0.2, -0.15) is 0 Å². The van der Waals surface area contributed by atoms with Gasteiger partial charge in [-0.1, -0.05) is 41.9 Å². The average molecular weight is 265 g/mol. The number of hydrogen-bond acceptors (Lipinski definition) is 2. The van der Waals surface area contributed by atoms with Crippen LogP contribution in [0, 0.1) is 5.82 Å². The fourth-order valence-electron chi connectivity index (χ4n) is 1.62. The molecular formula is C14H10ClFO2. The van der Waals surface area contributed by atoms with Crippen LogP contribution in [-0.2, 0) is 0 Å². The van der Waals surface area contributed by atoms with Crippen LogP contribution in [0.1, 0.15) is 22.0 Å². The minimum atomic E-state index is -1.30. The molecule has 4 heteroatoms. The quantitative estimate of drug-likeness (QED) is 0.863. The number of carbonyl (C=O) groups is 1. The van der Waals surface area contributed by atoms with Crippen molar-refractivity contribution in [2.45, 2.75) is 6.10 Å². The van der Waals surface area contributed by atoms with E-state index in [9.17, 15) is 14.3 Å². The SMILES string of the molecule is O=C(c1ccc(F)cc1Cl)C(O)c1ccccc1. The number of benzene rings is 2. The van der Waals surface area contributed by atoms with Gasteiger partial charge >= 0.3 is 0 Å². The average Bonchev–Trinajstić information content (AvgIpc) is 2.38. The molecule has 0 bridgehead atoms. The zero-order valence-electron chi connectivity index (χ0n) is 9.31. The standard InChI is InChI=1S/C14H10ClFO2/c15-12-8-10(16)6-7-11(12)14(18)13(17)9-4-2-1-3-5-9/h1-8,13,17H. The summed E-state index contributed by atoms with van der Waals surface area (Å²) in [6, 6.07) is 12.0. The molecule has 18 heavy (non-hydrogen) atoms. The Hall–Kier alpha value is -1.71. The van der Waals surface area contributed by atoms with E-state index in [4.69, 9.17) is 11.6 Å². The van der Waals surface area contributed by atoms with Gasteiger partial charge in [0.25, 0.3) is 0 Å². The number of aliphatic hydroxyl groups excluding tert-OH is 1. The molecular weight excluding hydrogens is 255 g/mol. The number of ketones is 1. The van der Waals surface area contributed by atoms with E-state index in [0.717, 1.165) is 12.1 Å². The summed E-state index contributed by atoms with van der Waals surface area (Å²) in [7, 11) is 0. The van der Waals surface area contributed by atoms with Crippen LogP contribution in [0.25, 0.3) is 0 Å². The molecule has 2 aromatic rings. The van der Waals surface area contributed by atoms with Gasteiger partial charge in [0.1, 0.15) is 11.9 Å². The molecule has 1 atom stereocenters. The van der Waals surface area contributed by atoms with Crippen molar-refractivity contribution in [1.29, 1.82) is 0 Å². The molecule has 0 aliphatic heterocycles. The van der Waals surface area contributed by atoms with Crippen LogP contribution in [0.5, 0.6) is 0 Å². The van der Waals surface area contributed by atoms with E-state index in [1.165, 1.54) is 6.07 Å². The van der Waals surface area contributed by atoms with Gasteiger partial charge in [-0.25, -0.2) is 4.39 Å². The van der Waals surface area contributed by atoms with Gasteiger partial charge in [-0.3, -0.25) is 4.79 Å². The monoisotopic (exact) mass is 264 g/mol. The largest absolute Gasteiger partial charge is 0.380 e. The Morgan fingerprint density at radius 3 is 2.44 bits per heavy atom. The molecule has 1 N–H and O–H groups in total. The zero-order chi connectivity index (χ0) is 13.1. The molecule has 0 spiro atoms. The van der Waals surface area contributed by atoms with Crippen LogP contribution < -0.4 is 0 Å². The van der Waals surface area contributed by atoms with Gasteiger partial charge < -0.3 is 5.11 Å². The second kappa shape index (κ2) is 5.29. The van der Waals surface area contributed by atoms with Gasteiger partial charge in [-0.15, -0.1) is 0 Å². The lowest BCUT2D eigenvalue weighted by Crippen LogP contribution is -2.12. The van der Waals surface area contributed by atoms with E-state index in [2.05, 4.69) is 0 Å². The molecule has 0 radical (unpaired) electrons. The smallest absolute Gasteiger partial charge is 0.197 e. The molecule has 0 aromatic heterocycles. The molecule has 0 saturated carbocycles. The van der Waals surface area contributed by atoms with Gasteiger partial charge in [0.15, 0.2) is 5.78 Å². The third-order valence-electron chi connectivity index (χ3n) is 2.56. The molecule has 2 aromatic carbocycles. The molecule has 0 saturated heterocycles. The summed E-state index contributed by atoms with van der Waals surface area (Å²) in [5, 5.41) is 9.93. The van der Waals surface area contributed by atoms with Crippen molar-refractivity contribution in [3.8, 4) is 0 Å². The summed E-state index contributed by atoms with van der Waals surface area (Å²) in [6.07, 6.45) is -1.30. The maximum atomic E-state index is 12.9. The van der Waals surface area contributed by atoms with E-state index in [0.29, 0.717) is 5.56 Å². The molecule has 1 unspecified atom stereocenters. The van der Waals surface area contributed by atoms with Crippen molar-refractivity contribution in [3.63, 3.8) is 0 Å². The molecule has 92 valence electrons. The highest BCUT2D eigenvalue weighted by atomic mass is 35.5. The number of carbonyl (C=O) groups excluding carboxylic acids is 1. The molecule has 2 nitrogen and oxygen atoms in total. The maximum Gasteiger partial charge on any atom is 0.197 e.